The standard InChI is InChI=1S/C61H57N4O.Pt/c1-59(2,3)45-25-22-42(23-26-45)51-29-27-46(60(4,5)6)34-44(51)39-63-40-64(56-21-14-13-20-55(56)63)48-18-15-19-49(37-48)66-50-28-30-52-53-35-43(41-16-11-10-12-17-41)24-31-54(53)65(57(52)38-50)58-36-47(32-33-62-58)61(7,8)9;/h10-36,40H,39H2,1-9H3;/q-3;. The maximum atomic E-state index is 6.70. The molecule has 0 N–H and O–H groups in total. The van der Waals surface area contributed by atoms with E-state index in [0.29, 0.717) is 18.0 Å². The molecule has 0 radical (unpaired) electrons. The van der Waals surface area contributed by atoms with E-state index in [1.54, 1.807) is 0 Å². The number of para-hydroxylation sites is 2. The number of fused-ring (bicyclic) bond motifs is 4. The quantitative estimate of drug-likeness (QED) is 0.142. The minimum atomic E-state index is -0.0424. The Morgan fingerprint density at radius 2 is 1.19 bits per heavy atom. The summed E-state index contributed by atoms with van der Waals surface area (Å²) in [5, 5.41) is 2.21. The van der Waals surface area contributed by atoms with Crippen LogP contribution in [0.5, 0.6) is 11.5 Å². The minimum absolute atomic E-state index is 0. The first kappa shape index (κ1) is 45.7. The maximum Gasteiger partial charge on any atom is 0.135 e. The summed E-state index contributed by atoms with van der Waals surface area (Å²) in [6.45, 7) is 23.3. The molecule has 0 saturated carbocycles. The Morgan fingerprint density at radius 3 is 1.93 bits per heavy atom. The van der Waals surface area contributed by atoms with E-state index in [1.807, 2.05) is 24.4 Å². The van der Waals surface area contributed by atoms with Gasteiger partial charge in [-0.2, -0.15) is 18.8 Å². The van der Waals surface area contributed by atoms with Crippen LogP contribution < -0.4 is 14.5 Å². The summed E-state index contributed by atoms with van der Waals surface area (Å²) in [5.41, 5.74) is 15.1. The second-order valence-electron chi connectivity index (χ2n) is 20.7. The van der Waals surface area contributed by atoms with Crippen molar-refractivity contribution in [2.24, 2.45) is 0 Å². The molecule has 0 amide bonds. The number of nitrogens with zero attached hydrogens (tertiary/aromatic N) is 4. The number of ether oxygens (including phenoxy) is 1. The van der Waals surface area contributed by atoms with Crippen LogP contribution in [0.15, 0.2) is 164 Å². The fourth-order valence-corrected chi connectivity index (χ4v) is 9.09. The van der Waals surface area contributed by atoms with Gasteiger partial charge < -0.3 is 19.1 Å². The van der Waals surface area contributed by atoms with Gasteiger partial charge in [0.15, 0.2) is 0 Å². The summed E-state index contributed by atoms with van der Waals surface area (Å²) in [5.74, 6) is 2.05. The van der Waals surface area contributed by atoms with E-state index in [0.717, 1.165) is 50.2 Å². The molecule has 5 nitrogen and oxygen atoms in total. The first-order chi connectivity index (χ1) is 31.6. The summed E-state index contributed by atoms with van der Waals surface area (Å²) in [6.07, 6.45) is 1.91. The molecule has 7 aromatic carbocycles. The zero-order valence-electron chi connectivity index (χ0n) is 39.9. The number of hydrogen-bond donors (Lipinski definition) is 0. The molecule has 6 heteroatoms. The second-order valence-corrected chi connectivity index (χ2v) is 20.7. The van der Waals surface area contributed by atoms with E-state index in [2.05, 4.69) is 235 Å². The van der Waals surface area contributed by atoms with Crippen LogP contribution in [0.25, 0.3) is 49.9 Å². The van der Waals surface area contributed by atoms with E-state index in [1.165, 1.54) is 38.9 Å². The van der Waals surface area contributed by atoms with Crippen LogP contribution in [0.4, 0.5) is 17.1 Å². The predicted octanol–water partition coefficient (Wildman–Crippen LogP) is 16.1. The number of rotatable bonds is 8. The molecule has 1 aliphatic heterocycles. The monoisotopic (exact) mass is 1060 g/mol. The zero-order chi connectivity index (χ0) is 46.0. The van der Waals surface area contributed by atoms with Gasteiger partial charge in [0.05, 0.1) is 0 Å². The van der Waals surface area contributed by atoms with Gasteiger partial charge in [0.25, 0.3) is 0 Å². The van der Waals surface area contributed by atoms with Crippen molar-refractivity contribution in [1.82, 2.24) is 9.55 Å². The van der Waals surface area contributed by atoms with Gasteiger partial charge in [-0.25, -0.2) is 4.98 Å². The van der Waals surface area contributed by atoms with Gasteiger partial charge in [0, 0.05) is 62.2 Å². The molecular formula is C61H57N4OPt-3. The number of aromatic nitrogens is 2. The van der Waals surface area contributed by atoms with E-state index in [9.17, 15) is 0 Å². The third kappa shape index (κ3) is 9.07. The Hall–Kier alpha value is -6.42. The zero-order valence-corrected chi connectivity index (χ0v) is 42.2. The molecule has 0 spiro atoms. The molecule has 0 unspecified atom stereocenters. The summed E-state index contributed by atoms with van der Waals surface area (Å²) >= 11 is 0. The van der Waals surface area contributed by atoms with E-state index in [-0.39, 0.29) is 37.3 Å². The molecule has 1 aliphatic rings. The maximum absolute atomic E-state index is 6.70. The largest absolute Gasteiger partial charge is 0.509 e. The van der Waals surface area contributed by atoms with Crippen molar-refractivity contribution in [3.05, 3.63) is 205 Å². The molecular weight excluding hydrogens is 1000 g/mol. The van der Waals surface area contributed by atoms with E-state index >= 15 is 0 Å². The van der Waals surface area contributed by atoms with Gasteiger partial charge in [-0.05, 0) is 96.5 Å². The van der Waals surface area contributed by atoms with Crippen molar-refractivity contribution in [2.75, 3.05) is 9.80 Å². The molecule has 0 saturated heterocycles. The van der Waals surface area contributed by atoms with E-state index in [4.69, 9.17) is 9.72 Å². The Labute approximate surface area is 411 Å². The van der Waals surface area contributed by atoms with Gasteiger partial charge in [-0.1, -0.05) is 165 Å². The molecule has 0 bridgehead atoms. The Morgan fingerprint density at radius 1 is 0.537 bits per heavy atom. The van der Waals surface area contributed by atoms with Crippen molar-refractivity contribution in [1.29, 1.82) is 0 Å². The molecule has 67 heavy (non-hydrogen) atoms. The molecule has 2 aromatic heterocycles. The first-order valence-corrected chi connectivity index (χ1v) is 23.1. The molecule has 3 heterocycles. The van der Waals surface area contributed by atoms with Crippen molar-refractivity contribution >= 4 is 38.9 Å². The summed E-state index contributed by atoms with van der Waals surface area (Å²) in [7, 11) is 0. The minimum Gasteiger partial charge on any atom is -0.509 e. The molecule has 0 aliphatic carbocycles. The summed E-state index contributed by atoms with van der Waals surface area (Å²) < 4.78 is 8.91. The average Bonchev–Trinajstić information content (AvgIpc) is 3.83. The number of hydrogen-bond acceptors (Lipinski definition) is 4. The van der Waals surface area contributed by atoms with Crippen molar-refractivity contribution < 1.29 is 25.8 Å². The molecule has 340 valence electrons. The molecule has 9 aromatic rings. The third-order valence-corrected chi connectivity index (χ3v) is 12.9. The predicted molar refractivity (Wildman–Crippen MR) is 275 cm³/mol. The molecule has 10 rings (SSSR count). The van der Waals surface area contributed by atoms with Crippen molar-refractivity contribution in [3.8, 4) is 39.6 Å². The van der Waals surface area contributed by atoms with Crippen LogP contribution >= 0.6 is 0 Å². The van der Waals surface area contributed by atoms with Gasteiger partial charge in [-0.3, -0.25) is 0 Å². The Balaban J connectivity index is 0.00000562. The van der Waals surface area contributed by atoms with Gasteiger partial charge in [0.1, 0.15) is 5.82 Å². The van der Waals surface area contributed by atoms with E-state index < -0.39 is 0 Å². The normalized spacial score (nSPS) is 13.0. The second kappa shape index (κ2) is 17.7. The number of pyridine rings is 1. The van der Waals surface area contributed by atoms with Gasteiger partial charge in [-0.15, -0.1) is 41.4 Å². The fourth-order valence-electron chi connectivity index (χ4n) is 9.09. The van der Waals surface area contributed by atoms with Crippen LogP contribution in [-0.4, -0.2) is 9.55 Å². The Bertz CT molecular complexity index is 3240. The first-order valence-electron chi connectivity index (χ1n) is 23.1. The number of benzene rings is 7. The number of anilines is 3. The smallest absolute Gasteiger partial charge is 0.135 e. The third-order valence-electron chi connectivity index (χ3n) is 12.9. The molecule has 0 atom stereocenters. The topological polar surface area (TPSA) is 33.5 Å². The fraction of sp³-hybridized carbons (Fsp3) is 0.213. The van der Waals surface area contributed by atoms with Crippen LogP contribution in [0, 0.1) is 18.8 Å². The summed E-state index contributed by atoms with van der Waals surface area (Å²) in [4.78, 5) is 9.50. The van der Waals surface area contributed by atoms with Crippen LogP contribution in [0.1, 0.15) is 84.6 Å². The average molecular weight is 1060 g/mol. The van der Waals surface area contributed by atoms with Gasteiger partial charge >= 0.3 is 0 Å². The van der Waals surface area contributed by atoms with Crippen molar-refractivity contribution in [3.63, 3.8) is 0 Å². The Kier molecular flexibility index (Phi) is 12.1. The van der Waals surface area contributed by atoms with Crippen LogP contribution in [-0.2, 0) is 43.9 Å². The molecule has 0 fully saturated rings. The van der Waals surface area contributed by atoms with Crippen LogP contribution in [0.2, 0.25) is 0 Å². The van der Waals surface area contributed by atoms with Crippen molar-refractivity contribution in [2.45, 2.75) is 85.1 Å². The summed E-state index contributed by atoms with van der Waals surface area (Å²) in [6, 6.07) is 63.8. The van der Waals surface area contributed by atoms with Crippen LogP contribution in [0.3, 0.4) is 0 Å². The van der Waals surface area contributed by atoms with Gasteiger partial charge in [0.2, 0.25) is 0 Å². The SMILES string of the molecule is CC(C)(C)c1ccc(-c2ccc(C(C)(C)C)cc2CN2[CH-]N(c3[c-]c(Oc4[c-]c5c(cc4)c4cc(-c6ccccc6)ccc4n5-c4cc(C(C)(C)C)ccn4)ccc3)c3ccccc32)cc1.[Pt].